The van der Waals surface area contributed by atoms with Crippen molar-refractivity contribution in [2.75, 3.05) is 27.9 Å². The zero-order valence-corrected chi connectivity index (χ0v) is 22.8. The Balaban J connectivity index is 1.69. The van der Waals surface area contributed by atoms with Crippen molar-refractivity contribution in [2.24, 2.45) is 0 Å². The number of carbonyl (C=O) groups excluding carboxylic acids is 1. The van der Waals surface area contributed by atoms with Crippen LogP contribution in [0.1, 0.15) is 30.0 Å². The predicted octanol–water partition coefficient (Wildman–Crippen LogP) is 4.90. The van der Waals surface area contributed by atoms with Gasteiger partial charge in [-0.2, -0.15) is 8.75 Å². The third-order valence-corrected chi connectivity index (χ3v) is 7.08. The highest BCUT2D eigenvalue weighted by Gasteiger charge is 2.48. The summed E-state index contributed by atoms with van der Waals surface area (Å²) in [5.41, 5.74) is 3.69. The second kappa shape index (κ2) is 10.9. The Kier molecular flexibility index (Phi) is 7.40. The first-order valence-corrected chi connectivity index (χ1v) is 13.1. The summed E-state index contributed by atoms with van der Waals surface area (Å²) in [5.74, 6) is -0.619. The Bertz CT molecular complexity index is 1550. The molecule has 2 heterocycles. The fraction of sp³-hybridized carbons (Fsp3) is 0.276. The summed E-state index contributed by atoms with van der Waals surface area (Å²) in [4.78, 5) is 13.4. The van der Waals surface area contributed by atoms with Crippen molar-refractivity contribution in [3.8, 4) is 23.0 Å². The Hall–Kier alpha value is -4.15. The second-order valence-corrected chi connectivity index (χ2v) is 9.47. The number of hydrogen-bond acceptors (Lipinski definition) is 10. The molecular formula is C29H28N2O7S. The largest absolute Gasteiger partial charge is 0.497 e. The number of hydrogen-bond donors (Lipinski definition) is 1. The number of benzene rings is 3. The summed E-state index contributed by atoms with van der Waals surface area (Å²) in [7, 11) is 4.65. The van der Waals surface area contributed by atoms with Crippen molar-refractivity contribution < 1.29 is 33.6 Å². The number of aliphatic hydroxyl groups is 1. The van der Waals surface area contributed by atoms with Gasteiger partial charge < -0.3 is 28.8 Å². The van der Waals surface area contributed by atoms with Crippen LogP contribution in [0.5, 0.6) is 23.0 Å². The van der Waals surface area contributed by atoms with Gasteiger partial charge in [-0.15, -0.1) is 0 Å². The fourth-order valence-electron chi connectivity index (χ4n) is 4.64. The monoisotopic (exact) mass is 548 g/mol. The molecule has 0 spiro atoms. The van der Waals surface area contributed by atoms with Crippen molar-refractivity contribution in [3.63, 3.8) is 0 Å². The summed E-state index contributed by atoms with van der Waals surface area (Å²) in [6.07, 6.45) is 0.957. The minimum Gasteiger partial charge on any atom is -0.497 e. The third kappa shape index (κ3) is 4.88. The van der Waals surface area contributed by atoms with Crippen LogP contribution < -0.4 is 18.9 Å². The lowest BCUT2D eigenvalue weighted by Gasteiger charge is -2.26. The molecule has 39 heavy (non-hydrogen) atoms. The Morgan fingerprint density at radius 2 is 1.67 bits per heavy atom. The normalized spacial score (nSPS) is 16.9. The van der Waals surface area contributed by atoms with Gasteiger partial charge in [0.15, 0.2) is 11.5 Å². The third-order valence-electron chi connectivity index (χ3n) is 6.53. The molecule has 0 saturated heterocycles. The molecule has 0 amide bonds. The van der Waals surface area contributed by atoms with Crippen LogP contribution >= 0.6 is 11.7 Å². The molecule has 0 aliphatic carbocycles. The molecule has 5 rings (SSSR count). The molecule has 0 fully saturated rings. The van der Waals surface area contributed by atoms with Gasteiger partial charge >= 0.3 is 5.97 Å². The van der Waals surface area contributed by atoms with Crippen LogP contribution in [0.25, 0.3) is 16.6 Å². The van der Waals surface area contributed by atoms with Crippen molar-refractivity contribution in [2.45, 2.75) is 25.6 Å². The summed E-state index contributed by atoms with van der Waals surface area (Å²) in [6.45, 7) is 2.49. The predicted molar refractivity (Wildman–Crippen MR) is 146 cm³/mol. The highest BCUT2D eigenvalue weighted by atomic mass is 32.1. The molecule has 1 aliphatic rings. The van der Waals surface area contributed by atoms with Crippen LogP contribution in [0.3, 0.4) is 0 Å². The Labute approximate surface area is 229 Å². The van der Waals surface area contributed by atoms with E-state index in [2.05, 4.69) is 8.75 Å². The molecule has 0 radical (unpaired) electrons. The molecule has 0 saturated carbocycles. The first kappa shape index (κ1) is 26.5. The molecule has 1 aromatic heterocycles. The molecule has 1 N–H and O–H groups in total. The standard InChI is InChI=1S/C29H28N2O7S/c1-5-12-37-25-15-17(14-24(35-3)27(25)36-4)13-21-26(18-6-11-22-23(16-18)31-39-30-22)28(32)38-29(21,33)19-7-9-20(34-2)10-8-19/h6-11,14-16,33H,5,12-13H2,1-4H3. The molecule has 9 nitrogen and oxygen atoms in total. The van der Waals surface area contributed by atoms with E-state index in [-0.39, 0.29) is 12.0 Å². The Morgan fingerprint density at radius 1 is 0.923 bits per heavy atom. The number of cyclic esters (lactones) is 1. The number of esters is 1. The van der Waals surface area contributed by atoms with Gasteiger partial charge in [-0.1, -0.05) is 13.0 Å². The van der Waals surface area contributed by atoms with Crippen LogP contribution in [0.4, 0.5) is 0 Å². The van der Waals surface area contributed by atoms with Gasteiger partial charge in [0.1, 0.15) is 16.8 Å². The molecule has 4 aromatic rings. The smallest absolute Gasteiger partial charge is 0.342 e. The SMILES string of the molecule is CCCOc1cc(CC2=C(c3ccc4nsnc4c3)C(=O)OC2(O)c2ccc(OC)cc2)cc(OC)c1OC. The maximum atomic E-state index is 13.4. The minimum absolute atomic E-state index is 0.153. The molecule has 202 valence electrons. The van der Waals surface area contributed by atoms with Crippen molar-refractivity contribution >= 4 is 34.3 Å². The van der Waals surface area contributed by atoms with E-state index in [4.69, 9.17) is 23.7 Å². The van der Waals surface area contributed by atoms with Crippen LogP contribution in [0.15, 0.2) is 60.2 Å². The maximum Gasteiger partial charge on any atom is 0.342 e. The van der Waals surface area contributed by atoms with Gasteiger partial charge in [-0.25, -0.2) is 4.79 Å². The van der Waals surface area contributed by atoms with Gasteiger partial charge in [0.25, 0.3) is 5.79 Å². The van der Waals surface area contributed by atoms with E-state index < -0.39 is 11.8 Å². The first-order chi connectivity index (χ1) is 18.9. The first-order valence-electron chi connectivity index (χ1n) is 12.4. The summed E-state index contributed by atoms with van der Waals surface area (Å²) >= 11 is 1.09. The van der Waals surface area contributed by atoms with Gasteiger partial charge in [-0.3, -0.25) is 0 Å². The quantitative estimate of drug-likeness (QED) is 0.277. The van der Waals surface area contributed by atoms with E-state index in [1.54, 1.807) is 69.9 Å². The molecule has 1 atom stereocenters. The van der Waals surface area contributed by atoms with Crippen LogP contribution in [-0.2, 0) is 21.7 Å². The average Bonchev–Trinajstić information content (AvgIpc) is 3.52. The number of ether oxygens (including phenoxy) is 5. The van der Waals surface area contributed by atoms with Crippen molar-refractivity contribution in [1.29, 1.82) is 0 Å². The van der Waals surface area contributed by atoms with E-state index in [0.29, 0.717) is 51.8 Å². The van der Waals surface area contributed by atoms with Crippen LogP contribution in [-0.4, -0.2) is 47.8 Å². The zero-order chi connectivity index (χ0) is 27.6. The number of fused-ring (bicyclic) bond motifs is 1. The number of aromatic nitrogens is 2. The van der Waals surface area contributed by atoms with Gasteiger partial charge in [-0.05, 0) is 66.1 Å². The lowest BCUT2D eigenvalue weighted by molar-refractivity contribution is -0.185. The van der Waals surface area contributed by atoms with Gasteiger partial charge in [0.2, 0.25) is 5.75 Å². The van der Waals surface area contributed by atoms with Gasteiger partial charge in [0, 0.05) is 17.6 Å². The van der Waals surface area contributed by atoms with E-state index in [1.807, 2.05) is 13.0 Å². The number of carbonyl (C=O) groups is 1. The van der Waals surface area contributed by atoms with E-state index in [1.165, 1.54) is 0 Å². The van der Waals surface area contributed by atoms with E-state index >= 15 is 0 Å². The Morgan fingerprint density at radius 3 is 2.36 bits per heavy atom. The lowest BCUT2D eigenvalue weighted by Crippen LogP contribution is -2.29. The highest BCUT2D eigenvalue weighted by Crippen LogP contribution is 2.47. The molecule has 3 aromatic carbocycles. The maximum absolute atomic E-state index is 13.4. The number of rotatable bonds is 10. The van der Waals surface area contributed by atoms with Crippen LogP contribution in [0, 0.1) is 0 Å². The molecule has 1 unspecified atom stereocenters. The summed E-state index contributed by atoms with van der Waals surface area (Å²) < 4.78 is 36.7. The minimum atomic E-state index is -2.02. The molecule has 0 bridgehead atoms. The number of methoxy groups -OCH3 is 3. The molecular weight excluding hydrogens is 520 g/mol. The molecule has 10 heteroatoms. The van der Waals surface area contributed by atoms with Crippen LogP contribution in [0.2, 0.25) is 0 Å². The summed E-state index contributed by atoms with van der Waals surface area (Å²) in [6, 6.07) is 15.7. The van der Waals surface area contributed by atoms with Crippen molar-refractivity contribution in [3.05, 3.63) is 76.9 Å². The average molecular weight is 549 g/mol. The molecule has 1 aliphatic heterocycles. The highest BCUT2D eigenvalue weighted by molar-refractivity contribution is 7.00. The number of nitrogens with zero attached hydrogens (tertiary/aromatic N) is 2. The zero-order valence-electron chi connectivity index (χ0n) is 22.0. The fourth-order valence-corrected chi connectivity index (χ4v) is 5.15. The topological polar surface area (TPSA) is 109 Å². The summed E-state index contributed by atoms with van der Waals surface area (Å²) in [5, 5.41) is 12.0. The van der Waals surface area contributed by atoms with Gasteiger partial charge in [0.05, 0.1) is 45.2 Å². The van der Waals surface area contributed by atoms with E-state index in [0.717, 1.165) is 29.2 Å². The second-order valence-electron chi connectivity index (χ2n) is 8.94. The lowest BCUT2D eigenvalue weighted by atomic mass is 9.88. The van der Waals surface area contributed by atoms with Crippen molar-refractivity contribution in [1.82, 2.24) is 8.75 Å². The van der Waals surface area contributed by atoms with E-state index in [9.17, 15) is 9.90 Å².